The molecule has 0 bridgehead atoms. The van der Waals surface area contributed by atoms with E-state index in [1.54, 1.807) is 0 Å². The molecule has 0 radical (unpaired) electrons. The molecule has 1 fully saturated rings. The second kappa shape index (κ2) is 7.48. The zero-order valence-corrected chi connectivity index (χ0v) is 13.8. The topological polar surface area (TPSA) is 73.6 Å². The number of benzene rings is 2. The van der Waals surface area contributed by atoms with Crippen molar-refractivity contribution in [3.8, 4) is 5.75 Å². The first-order valence-corrected chi connectivity index (χ1v) is 8.02. The predicted octanol–water partition coefficient (Wildman–Crippen LogP) is 3.93. The normalized spacial score (nSPS) is 19.6. The van der Waals surface area contributed by atoms with Crippen molar-refractivity contribution in [2.24, 2.45) is 5.92 Å². The van der Waals surface area contributed by atoms with Gasteiger partial charge >= 0.3 is 5.69 Å². The Kier molecular flexibility index (Phi) is 5.14. The molecular weight excluding hydrogens is 327 g/mol. The summed E-state index contributed by atoms with van der Waals surface area (Å²) in [7, 11) is 1.39. The van der Waals surface area contributed by atoms with E-state index >= 15 is 0 Å². The maximum absolute atomic E-state index is 14.0. The largest absolute Gasteiger partial charge is 0.497 e. The van der Waals surface area contributed by atoms with E-state index < -0.39 is 16.4 Å². The van der Waals surface area contributed by atoms with Crippen molar-refractivity contribution in [2.45, 2.75) is 12.5 Å². The van der Waals surface area contributed by atoms with Crippen molar-refractivity contribution in [1.82, 2.24) is 0 Å². The van der Waals surface area contributed by atoms with Gasteiger partial charge in [0.2, 0.25) is 5.82 Å². The zero-order valence-electron chi connectivity index (χ0n) is 13.8. The summed E-state index contributed by atoms with van der Waals surface area (Å²) in [6, 6.07) is 12.3. The molecule has 1 heterocycles. The number of anilines is 1. The molecule has 0 aliphatic carbocycles. The van der Waals surface area contributed by atoms with Crippen molar-refractivity contribution in [3.05, 3.63) is 64.0 Å². The van der Waals surface area contributed by atoms with Crippen LogP contribution in [0.15, 0.2) is 42.5 Å². The molecule has 6 nitrogen and oxygen atoms in total. The number of methoxy groups -OCH3 is 1. The number of halogens is 1. The van der Waals surface area contributed by atoms with E-state index in [1.165, 1.54) is 13.2 Å². The smallest absolute Gasteiger partial charge is 0.327 e. The Bertz CT molecular complexity index is 754. The molecule has 1 saturated heterocycles. The lowest BCUT2D eigenvalue weighted by Crippen LogP contribution is -2.18. The molecule has 132 valence electrons. The molecule has 0 aromatic heterocycles. The van der Waals surface area contributed by atoms with E-state index in [-0.39, 0.29) is 23.5 Å². The van der Waals surface area contributed by atoms with Gasteiger partial charge in [-0.05, 0) is 12.0 Å². The molecule has 3 rings (SSSR count). The third kappa shape index (κ3) is 3.71. The van der Waals surface area contributed by atoms with E-state index in [2.05, 4.69) is 5.32 Å². The third-order valence-corrected chi connectivity index (χ3v) is 4.35. The molecule has 1 aliphatic rings. The van der Waals surface area contributed by atoms with Crippen LogP contribution in [0, 0.1) is 21.8 Å². The minimum absolute atomic E-state index is 0.0804. The molecule has 0 spiro atoms. The molecule has 1 aliphatic heterocycles. The van der Waals surface area contributed by atoms with Gasteiger partial charge in [-0.25, -0.2) is 0 Å². The highest BCUT2D eigenvalue weighted by molar-refractivity contribution is 5.65. The van der Waals surface area contributed by atoms with E-state index in [9.17, 15) is 14.5 Å². The summed E-state index contributed by atoms with van der Waals surface area (Å²) in [5.74, 6) is -0.557. The van der Waals surface area contributed by atoms with Gasteiger partial charge in [-0.15, -0.1) is 0 Å². The first kappa shape index (κ1) is 17.2. The first-order valence-electron chi connectivity index (χ1n) is 8.02. The predicted molar refractivity (Wildman–Crippen MR) is 91.3 cm³/mol. The van der Waals surface area contributed by atoms with Crippen molar-refractivity contribution in [1.29, 1.82) is 0 Å². The molecule has 0 amide bonds. The average molecular weight is 346 g/mol. The number of nitro groups is 1. The summed E-state index contributed by atoms with van der Waals surface area (Å²) in [6.07, 6.45) is 0.746. The van der Waals surface area contributed by atoms with Crippen molar-refractivity contribution in [2.75, 3.05) is 25.6 Å². The summed E-state index contributed by atoms with van der Waals surface area (Å²) in [5, 5.41) is 14.2. The van der Waals surface area contributed by atoms with Gasteiger partial charge in [-0.3, -0.25) is 10.1 Å². The fourth-order valence-corrected chi connectivity index (χ4v) is 3.11. The van der Waals surface area contributed by atoms with Crippen molar-refractivity contribution in [3.63, 3.8) is 0 Å². The van der Waals surface area contributed by atoms with Gasteiger partial charge in [-0.2, -0.15) is 4.39 Å². The highest BCUT2D eigenvalue weighted by Gasteiger charge is 2.30. The molecule has 2 atom stereocenters. The lowest BCUT2D eigenvalue weighted by atomic mass is 9.95. The Hall–Kier alpha value is -2.67. The summed E-state index contributed by atoms with van der Waals surface area (Å²) in [6.45, 7) is 1.06. The first-order chi connectivity index (χ1) is 12.1. The molecule has 7 heteroatoms. The fraction of sp³-hybridized carbons (Fsp3) is 0.333. The van der Waals surface area contributed by atoms with Gasteiger partial charge in [0.05, 0.1) is 18.1 Å². The van der Waals surface area contributed by atoms with Crippen LogP contribution in [-0.4, -0.2) is 25.2 Å². The lowest BCUT2D eigenvalue weighted by Gasteiger charge is -2.20. The summed E-state index contributed by atoms with van der Waals surface area (Å²) in [5.41, 5.74) is 0.606. The molecule has 25 heavy (non-hydrogen) atoms. The SMILES string of the molecule is COc1cc(F)c([N+](=O)[O-])c(NCC2CCOC2c2ccccc2)c1. The summed E-state index contributed by atoms with van der Waals surface area (Å²) in [4.78, 5) is 10.5. The quantitative estimate of drug-likeness (QED) is 0.634. The summed E-state index contributed by atoms with van der Waals surface area (Å²) < 4.78 is 24.8. The van der Waals surface area contributed by atoms with Crippen LogP contribution in [-0.2, 0) is 4.74 Å². The van der Waals surface area contributed by atoms with Gasteiger partial charge in [-0.1, -0.05) is 30.3 Å². The average Bonchev–Trinajstić information content (AvgIpc) is 3.08. The van der Waals surface area contributed by atoms with Gasteiger partial charge < -0.3 is 14.8 Å². The minimum atomic E-state index is -0.922. The Labute approximate surface area is 144 Å². The van der Waals surface area contributed by atoms with E-state index in [4.69, 9.17) is 9.47 Å². The number of ether oxygens (including phenoxy) is 2. The maximum Gasteiger partial charge on any atom is 0.327 e. The number of rotatable bonds is 6. The number of hydrogen-bond donors (Lipinski definition) is 1. The van der Waals surface area contributed by atoms with Crippen LogP contribution in [0.5, 0.6) is 5.75 Å². The molecule has 1 N–H and O–H groups in total. The van der Waals surface area contributed by atoms with Crippen LogP contribution in [0.2, 0.25) is 0 Å². The molecule has 2 aromatic rings. The number of nitro benzene ring substituents is 1. The highest BCUT2D eigenvalue weighted by atomic mass is 19.1. The fourth-order valence-electron chi connectivity index (χ4n) is 3.11. The van der Waals surface area contributed by atoms with E-state index in [0.717, 1.165) is 18.1 Å². The van der Waals surface area contributed by atoms with Gasteiger partial charge in [0.1, 0.15) is 11.4 Å². The monoisotopic (exact) mass is 346 g/mol. The van der Waals surface area contributed by atoms with E-state index in [0.29, 0.717) is 13.2 Å². The van der Waals surface area contributed by atoms with Crippen molar-refractivity contribution >= 4 is 11.4 Å². The number of nitrogens with zero attached hydrogens (tertiary/aromatic N) is 1. The Balaban J connectivity index is 1.79. The molecule has 0 saturated carbocycles. The lowest BCUT2D eigenvalue weighted by molar-refractivity contribution is -0.386. The molecular formula is C18H19FN2O4. The van der Waals surface area contributed by atoms with Crippen LogP contribution in [0.1, 0.15) is 18.1 Å². The van der Waals surface area contributed by atoms with Gasteiger partial charge in [0, 0.05) is 31.2 Å². The van der Waals surface area contributed by atoms with Crippen LogP contribution >= 0.6 is 0 Å². The van der Waals surface area contributed by atoms with Gasteiger partial charge in [0.15, 0.2) is 0 Å². The Morgan fingerprint density at radius 1 is 1.36 bits per heavy atom. The Morgan fingerprint density at radius 3 is 2.80 bits per heavy atom. The molecule has 2 unspecified atom stereocenters. The molecule has 2 aromatic carbocycles. The maximum atomic E-state index is 14.0. The van der Waals surface area contributed by atoms with Crippen LogP contribution < -0.4 is 10.1 Å². The zero-order chi connectivity index (χ0) is 17.8. The van der Waals surface area contributed by atoms with E-state index in [1.807, 2.05) is 30.3 Å². The summed E-state index contributed by atoms with van der Waals surface area (Å²) >= 11 is 0. The second-order valence-corrected chi connectivity index (χ2v) is 5.89. The number of nitrogens with one attached hydrogen (secondary N) is 1. The third-order valence-electron chi connectivity index (χ3n) is 4.35. The minimum Gasteiger partial charge on any atom is -0.497 e. The second-order valence-electron chi connectivity index (χ2n) is 5.89. The van der Waals surface area contributed by atoms with Crippen LogP contribution in [0.4, 0.5) is 15.8 Å². The van der Waals surface area contributed by atoms with Crippen LogP contribution in [0.25, 0.3) is 0 Å². The van der Waals surface area contributed by atoms with Gasteiger partial charge in [0.25, 0.3) is 0 Å². The Morgan fingerprint density at radius 2 is 2.12 bits per heavy atom. The standard InChI is InChI=1S/C18H19FN2O4/c1-24-14-9-15(19)17(21(22)23)16(10-14)20-11-13-7-8-25-18(13)12-5-3-2-4-6-12/h2-6,9-10,13,18,20H,7-8,11H2,1H3. The van der Waals surface area contributed by atoms with Crippen molar-refractivity contribution < 1.29 is 18.8 Å². The van der Waals surface area contributed by atoms with Crippen LogP contribution in [0.3, 0.4) is 0 Å². The number of hydrogen-bond acceptors (Lipinski definition) is 5. The highest BCUT2D eigenvalue weighted by Crippen LogP contribution is 2.37.